The van der Waals surface area contributed by atoms with Crippen molar-refractivity contribution in [3.05, 3.63) is 59.2 Å². The summed E-state index contributed by atoms with van der Waals surface area (Å²) >= 11 is 1.60. The fourth-order valence-electron chi connectivity index (χ4n) is 2.97. The van der Waals surface area contributed by atoms with E-state index >= 15 is 0 Å². The van der Waals surface area contributed by atoms with Gasteiger partial charge in [0.25, 0.3) is 5.91 Å². The lowest BCUT2D eigenvalue weighted by atomic mass is 10.1. The highest BCUT2D eigenvalue weighted by atomic mass is 32.1. The molecule has 0 aliphatic rings. The molecular weight excluding hydrogens is 354 g/mol. The van der Waals surface area contributed by atoms with Crippen LogP contribution < -0.4 is 4.90 Å². The molecule has 0 aliphatic heterocycles. The summed E-state index contributed by atoms with van der Waals surface area (Å²) in [6.07, 6.45) is 1.90. The molecule has 0 atom stereocenters. The number of hydrogen-bond acceptors (Lipinski definition) is 4. The quantitative estimate of drug-likeness (QED) is 0.592. The molecule has 0 spiro atoms. The third-order valence-electron chi connectivity index (χ3n) is 4.61. The summed E-state index contributed by atoms with van der Waals surface area (Å²) in [7, 11) is 4.10. The Bertz CT molecular complexity index is 915. The van der Waals surface area contributed by atoms with Gasteiger partial charge >= 0.3 is 0 Å². The van der Waals surface area contributed by atoms with Crippen molar-refractivity contribution < 1.29 is 4.79 Å². The maximum absolute atomic E-state index is 13.2. The molecule has 1 heterocycles. The fourth-order valence-corrected chi connectivity index (χ4v) is 4.03. The molecule has 0 saturated carbocycles. The van der Waals surface area contributed by atoms with Crippen LogP contribution in [-0.2, 0) is 6.42 Å². The van der Waals surface area contributed by atoms with E-state index in [4.69, 9.17) is 4.98 Å². The molecule has 0 bridgehead atoms. The van der Waals surface area contributed by atoms with Crippen LogP contribution in [0.2, 0.25) is 0 Å². The largest absolute Gasteiger partial charge is 0.309 e. The predicted octanol–water partition coefficient (Wildman–Crippen LogP) is 4.77. The molecule has 3 aromatic rings. The highest BCUT2D eigenvalue weighted by Gasteiger charge is 2.21. The Morgan fingerprint density at radius 2 is 1.81 bits per heavy atom. The highest BCUT2D eigenvalue weighted by molar-refractivity contribution is 7.22. The van der Waals surface area contributed by atoms with Gasteiger partial charge < -0.3 is 4.90 Å². The zero-order valence-corrected chi connectivity index (χ0v) is 17.3. The number of aromatic nitrogens is 1. The third-order valence-corrected chi connectivity index (χ3v) is 5.65. The van der Waals surface area contributed by atoms with Crippen molar-refractivity contribution in [3.8, 4) is 0 Å². The number of carbonyl (C=O) groups is 1. The topological polar surface area (TPSA) is 36.4 Å². The van der Waals surface area contributed by atoms with Gasteiger partial charge in [0.05, 0.1) is 10.2 Å². The SMILES string of the molecule is CCc1ccc2nc(N(CCCN(C)C)C(=O)c3ccc(C)cc3)sc2c1. The van der Waals surface area contributed by atoms with Gasteiger partial charge in [0.1, 0.15) is 0 Å². The number of rotatable bonds is 7. The van der Waals surface area contributed by atoms with Crippen LogP contribution in [0.3, 0.4) is 0 Å². The first-order valence-corrected chi connectivity index (χ1v) is 10.2. The normalized spacial score (nSPS) is 11.3. The summed E-state index contributed by atoms with van der Waals surface area (Å²) in [5.41, 5.74) is 4.11. The smallest absolute Gasteiger partial charge is 0.260 e. The summed E-state index contributed by atoms with van der Waals surface area (Å²) < 4.78 is 1.14. The van der Waals surface area contributed by atoms with E-state index in [1.165, 1.54) is 5.56 Å². The number of nitrogens with zero attached hydrogens (tertiary/aromatic N) is 3. The van der Waals surface area contributed by atoms with Crippen molar-refractivity contribution in [2.75, 3.05) is 32.1 Å². The van der Waals surface area contributed by atoms with E-state index in [0.717, 1.165) is 40.3 Å². The van der Waals surface area contributed by atoms with Crippen LogP contribution in [-0.4, -0.2) is 43.0 Å². The van der Waals surface area contributed by atoms with Gasteiger partial charge in [-0.2, -0.15) is 0 Å². The van der Waals surface area contributed by atoms with E-state index in [1.807, 2.05) is 36.1 Å². The van der Waals surface area contributed by atoms with Crippen molar-refractivity contribution in [3.63, 3.8) is 0 Å². The molecule has 1 aromatic heterocycles. The fraction of sp³-hybridized carbons (Fsp3) is 0.364. The van der Waals surface area contributed by atoms with E-state index in [0.29, 0.717) is 12.1 Å². The van der Waals surface area contributed by atoms with Crippen molar-refractivity contribution >= 4 is 32.6 Å². The standard InChI is InChI=1S/C22H27N3OS/c1-5-17-9-12-19-20(15-17)27-22(23-19)25(14-6-13-24(3)4)21(26)18-10-7-16(2)8-11-18/h7-12,15H,5-6,13-14H2,1-4H3. The van der Waals surface area contributed by atoms with E-state index in [-0.39, 0.29) is 5.91 Å². The Balaban J connectivity index is 1.93. The average molecular weight is 382 g/mol. The third kappa shape index (κ3) is 4.73. The second-order valence-corrected chi connectivity index (χ2v) is 8.14. The number of aryl methyl sites for hydroxylation is 2. The lowest BCUT2D eigenvalue weighted by molar-refractivity contribution is 0.0986. The molecule has 1 amide bonds. The number of carbonyl (C=O) groups excluding carboxylic acids is 1. The minimum absolute atomic E-state index is 0.0172. The van der Waals surface area contributed by atoms with E-state index < -0.39 is 0 Å². The van der Waals surface area contributed by atoms with Crippen LogP contribution in [0.1, 0.15) is 34.8 Å². The van der Waals surface area contributed by atoms with Crippen LogP contribution in [0, 0.1) is 6.92 Å². The molecule has 0 saturated heterocycles. The van der Waals surface area contributed by atoms with Crippen molar-refractivity contribution in [2.24, 2.45) is 0 Å². The molecule has 3 rings (SSSR count). The lowest BCUT2D eigenvalue weighted by Gasteiger charge is -2.21. The second kappa shape index (κ2) is 8.63. The van der Waals surface area contributed by atoms with Gasteiger partial charge in [0.2, 0.25) is 0 Å². The van der Waals surface area contributed by atoms with Gasteiger partial charge in [-0.3, -0.25) is 9.69 Å². The predicted molar refractivity (Wildman–Crippen MR) is 115 cm³/mol. The number of amides is 1. The molecule has 0 N–H and O–H groups in total. The zero-order chi connectivity index (χ0) is 19.4. The minimum Gasteiger partial charge on any atom is -0.309 e. The molecule has 142 valence electrons. The summed E-state index contributed by atoms with van der Waals surface area (Å²) in [5.74, 6) is 0.0172. The number of hydrogen-bond donors (Lipinski definition) is 0. The molecule has 2 aromatic carbocycles. The molecular formula is C22H27N3OS. The highest BCUT2D eigenvalue weighted by Crippen LogP contribution is 2.31. The number of benzene rings is 2. The molecule has 5 heteroatoms. The summed E-state index contributed by atoms with van der Waals surface area (Å²) in [6, 6.07) is 14.1. The Hall–Kier alpha value is -2.24. The molecule has 4 nitrogen and oxygen atoms in total. The van der Waals surface area contributed by atoms with E-state index in [1.54, 1.807) is 11.3 Å². The maximum atomic E-state index is 13.2. The van der Waals surface area contributed by atoms with E-state index in [2.05, 4.69) is 44.1 Å². The Morgan fingerprint density at radius 1 is 1.07 bits per heavy atom. The van der Waals surface area contributed by atoms with Gasteiger partial charge in [-0.25, -0.2) is 4.98 Å². The van der Waals surface area contributed by atoms with Crippen LogP contribution in [0.25, 0.3) is 10.2 Å². The van der Waals surface area contributed by atoms with Crippen molar-refractivity contribution in [1.82, 2.24) is 9.88 Å². The lowest BCUT2D eigenvalue weighted by Crippen LogP contribution is -2.33. The second-order valence-electron chi connectivity index (χ2n) is 7.13. The van der Waals surface area contributed by atoms with Gasteiger partial charge in [-0.05, 0) is 70.2 Å². The average Bonchev–Trinajstić information content (AvgIpc) is 3.07. The maximum Gasteiger partial charge on any atom is 0.260 e. The van der Waals surface area contributed by atoms with Crippen LogP contribution in [0.5, 0.6) is 0 Å². The summed E-state index contributed by atoms with van der Waals surface area (Å²) in [6.45, 7) is 5.77. The monoisotopic (exact) mass is 381 g/mol. The first-order valence-electron chi connectivity index (χ1n) is 9.40. The Kier molecular flexibility index (Phi) is 6.24. The van der Waals surface area contributed by atoms with Crippen LogP contribution in [0.15, 0.2) is 42.5 Å². The number of anilines is 1. The molecule has 0 aliphatic carbocycles. The molecule has 0 fully saturated rings. The van der Waals surface area contributed by atoms with E-state index in [9.17, 15) is 4.79 Å². The minimum atomic E-state index is 0.0172. The van der Waals surface area contributed by atoms with Gasteiger partial charge in [0.15, 0.2) is 5.13 Å². The van der Waals surface area contributed by atoms with Crippen LogP contribution in [0.4, 0.5) is 5.13 Å². The summed E-state index contributed by atoms with van der Waals surface area (Å²) in [4.78, 5) is 21.9. The van der Waals surface area contributed by atoms with Crippen LogP contribution >= 0.6 is 11.3 Å². The molecule has 27 heavy (non-hydrogen) atoms. The number of fused-ring (bicyclic) bond motifs is 1. The Labute approximate surface area is 165 Å². The number of thiazole rings is 1. The van der Waals surface area contributed by atoms with Crippen molar-refractivity contribution in [2.45, 2.75) is 26.7 Å². The first-order chi connectivity index (χ1) is 13.0. The van der Waals surface area contributed by atoms with Gasteiger partial charge in [-0.15, -0.1) is 0 Å². The summed E-state index contributed by atoms with van der Waals surface area (Å²) in [5, 5.41) is 0.780. The van der Waals surface area contributed by atoms with Crippen molar-refractivity contribution in [1.29, 1.82) is 0 Å². The molecule has 0 unspecified atom stereocenters. The van der Waals surface area contributed by atoms with Gasteiger partial charge in [0, 0.05) is 12.1 Å². The first kappa shape index (κ1) is 19.5. The zero-order valence-electron chi connectivity index (χ0n) is 16.5. The Morgan fingerprint density at radius 3 is 2.48 bits per heavy atom. The van der Waals surface area contributed by atoms with Gasteiger partial charge in [-0.1, -0.05) is 42.0 Å². The molecule has 0 radical (unpaired) electrons.